The van der Waals surface area contributed by atoms with Gasteiger partial charge in [-0.05, 0) is 49.6 Å². The number of carbonyl (C=O) groups excluding carboxylic acids is 2. The lowest BCUT2D eigenvalue weighted by Crippen LogP contribution is -2.38. The van der Waals surface area contributed by atoms with Crippen molar-refractivity contribution >= 4 is 34.9 Å². The molecule has 0 radical (unpaired) electrons. The zero-order valence-corrected chi connectivity index (χ0v) is 17.3. The minimum atomic E-state index is -0.386. The summed E-state index contributed by atoms with van der Waals surface area (Å²) in [7, 11) is 1.67. The van der Waals surface area contributed by atoms with Gasteiger partial charge in [-0.2, -0.15) is 0 Å². The number of hydrogen-bond acceptors (Lipinski definition) is 9. The van der Waals surface area contributed by atoms with Gasteiger partial charge in [-0.15, -0.1) is 0 Å². The van der Waals surface area contributed by atoms with Gasteiger partial charge in [0.15, 0.2) is 0 Å². The van der Waals surface area contributed by atoms with Crippen molar-refractivity contribution in [2.75, 3.05) is 38.8 Å². The number of nitrogens with one attached hydrogen (secondary N) is 3. The van der Waals surface area contributed by atoms with Crippen LogP contribution in [-0.2, 0) is 14.3 Å². The van der Waals surface area contributed by atoms with Gasteiger partial charge in [-0.3, -0.25) is 14.9 Å². The Balaban J connectivity index is 1.41. The number of nitrogens with zero attached hydrogens (tertiary/aromatic N) is 2. The Morgan fingerprint density at radius 2 is 2.00 bits per heavy atom. The van der Waals surface area contributed by atoms with E-state index in [0.717, 1.165) is 44.0 Å². The number of thioether (sulfide) groups is 1. The zero-order chi connectivity index (χ0) is 20.5. The van der Waals surface area contributed by atoms with Gasteiger partial charge < -0.3 is 20.1 Å². The minimum absolute atomic E-state index is 0.319. The molecule has 1 aromatic rings. The molecule has 1 aliphatic heterocycles. The highest BCUT2D eigenvalue weighted by Gasteiger charge is 2.25. The third-order valence-electron chi connectivity index (χ3n) is 4.77. The fourth-order valence-corrected chi connectivity index (χ4v) is 3.95. The molecule has 2 heterocycles. The number of ether oxygens (including phenoxy) is 2. The first-order valence-electron chi connectivity index (χ1n) is 9.78. The molecule has 0 aromatic carbocycles. The highest BCUT2D eigenvalue weighted by Crippen LogP contribution is 2.25. The first-order chi connectivity index (χ1) is 14.1. The van der Waals surface area contributed by atoms with Crippen molar-refractivity contribution < 1.29 is 19.1 Å². The molecule has 2 fully saturated rings. The molecule has 3 N–H and O–H groups in total. The van der Waals surface area contributed by atoms with Crippen molar-refractivity contribution in [2.24, 2.45) is 0 Å². The Kier molecular flexibility index (Phi) is 8.41. The molecule has 1 aromatic heterocycles. The number of hydrogen-bond donors (Lipinski definition) is 3. The molecule has 158 valence electrons. The third-order valence-corrected chi connectivity index (χ3v) is 5.58. The molecule has 10 heteroatoms. The molecule has 0 unspecified atom stereocenters. The summed E-state index contributed by atoms with van der Waals surface area (Å²) in [4.78, 5) is 32.0. The van der Waals surface area contributed by atoms with E-state index in [4.69, 9.17) is 9.47 Å². The Hall–Kier alpha value is -2.01. The van der Waals surface area contributed by atoms with Crippen LogP contribution in [0.1, 0.15) is 31.4 Å². The van der Waals surface area contributed by atoms with E-state index in [-0.39, 0.29) is 11.1 Å². The molecule has 1 saturated heterocycles. The highest BCUT2D eigenvalue weighted by molar-refractivity contribution is 8.18. The van der Waals surface area contributed by atoms with Crippen LogP contribution in [0, 0.1) is 0 Å². The maximum atomic E-state index is 11.7. The molecule has 3 rings (SSSR count). The van der Waals surface area contributed by atoms with Crippen molar-refractivity contribution in [3.8, 4) is 0 Å². The van der Waals surface area contributed by atoms with E-state index in [2.05, 4.69) is 25.9 Å². The zero-order valence-electron chi connectivity index (χ0n) is 16.5. The van der Waals surface area contributed by atoms with Crippen molar-refractivity contribution in [1.29, 1.82) is 0 Å². The van der Waals surface area contributed by atoms with Crippen LogP contribution in [0.3, 0.4) is 0 Å². The summed E-state index contributed by atoms with van der Waals surface area (Å²) in [5.74, 6) is 0.153. The maximum absolute atomic E-state index is 11.7. The van der Waals surface area contributed by atoms with Gasteiger partial charge >= 0.3 is 0 Å². The van der Waals surface area contributed by atoms with Crippen molar-refractivity contribution in [1.82, 2.24) is 20.6 Å². The Bertz CT molecular complexity index is 737. The quantitative estimate of drug-likeness (QED) is 0.384. The van der Waals surface area contributed by atoms with Gasteiger partial charge in [0.25, 0.3) is 11.1 Å². The molecule has 0 bridgehead atoms. The van der Waals surface area contributed by atoms with Crippen LogP contribution in [0.2, 0.25) is 0 Å². The van der Waals surface area contributed by atoms with E-state index in [1.165, 1.54) is 0 Å². The second-order valence-corrected chi connectivity index (χ2v) is 7.92. The summed E-state index contributed by atoms with van der Waals surface area (Å²) in [6.07, 6.45) is 7.48. The van der Waals surface area contributed by atoms with Crippen molar-refractivity contribution in [3.05, 3.63) is 22.9 Å². The highest BCUT2D eigenvalue weighted by atomic mass is 32.2. The van der Waals surface area contributed by atoms with Gasteiger partial charge in [0, 0.05) is 31.9 Å². The lowest BCUT2D eigenvalue weighted by Gasteiger charge is -2.29. The molecular formula is C19H27N5O4S. The summed E-state index contributed by atoms with van der Waals surface area (Å²) in [5, 5.41) is 8.80. The molecule has 0 spiro atoms. The maximum Gasteiger partial charge on any atom is 0.290 e. The predicted molar refractivity (Wildman–Crippen MR) is 112 cm³/mol. The van der Waals surface area contributed by atoms with E-state index in [9.17, 15) is 9.59 Å². The second-order valence-electron chi connectivity index (χ2n) is 6.91. The van der Waals surface area contributed by atoms with E-state index >= 15 is 0 Å². The largest absolute Gasteiger partial charge is 0.382 e. The second kappa shape index (κ2) is 11.2. The first kappa shape index (κ1) is 21.7. The summed E-state index contributed by atoms with van der Waals surface area (Å²) < 4.78 is 10.4. The van der Waals surface area contributed by atoms with Gasteiger partial charge in [0.1, 0.15) is 0 Å². The summed E-state index contributed by atoms with van der Waals surface area (Å²) in [6, 6.07) is 2.54. The van der Waals surface area contributed by atoms with Crippen LogP contribution < -0.4 is 16.0 Å². The van der Waals surface area contributed by atoms with E-state index in [1.807, 2.05) is 0 Å². The molecular weight excluding hydrogens is 394 g/mol. The van der Waals surface area contributed by atoms with Gasteiger partial charge in [-0.1, -0.05) is 0 Å². The van der Waals surface area contributed by atoms with Gasteiger partial charge in [-0.25, -0.2) is 9.97 Å². The average molecular weight is 422 g/mol. The number of amides is 2. The van der Waals surface area contributed by atoms with E-state index in [1.54, 1.807) is 25.4 Å². The summed E-state index contributed by atoms with van der Waals surface area (Å²) in [6.45, 7) is 2.80. The third kappa shape index (κ3) is 7.07. The number of anilines is 1. The molecule has 0 atom stereocenters. The van der Waals surface area contributed by atoms with E-state index < -0.39 is 0 Å². The topological polar surface area (TPSA) is 114 Å². The molecule has 29 heavy (non-hydrogen) atoms. The number of carbonyl (C=O) groups is 2. The van der Waals surface area contributed by atoms with Crippen molar-refractivity contribution in [2.45, 2.75) is 37.8 Å². The molecule has 2 amide bonds. The van der Waals surface area contributed by atoms with Crippen LogP contribution in [0.15, 0.2) is 17.2 Å². The van der Waals surface area contributed by atoms with Crippen LogP contribution >= 0.6 is 11.8 Å². The van der Waals surface area contributed by atoms with Gasteiger partial charge in [0.2, 0.25) is 5.95 Å². The fourth-order valence-electron chi connectivity index (χ4n) is 3.28. The predicted octanol–water partition coefficient (Wildman–Crippen LogP) is 1.78. The van der Waals surface area contributed by atoms with Crippen molar-refractivity contribution in [3.63, 3.8) is 0 Å². The molecule has 1 saturated carbocycles. The number of imide groups is 1. The molecule has 9 nitrogen and oxygen atoms in total. The Morgan fingerprint density at radius 1 is 1.21 bits per heavy atom. The Labute approximate surface area is 174 Å². The average Bonchev–Trinajstić information content (AvgIpc) is 3.03. The normalized spacial score (nSPS) is 23.4. The minimum Gasteiger partial charge on any atom is -0.382 e. The molecule has 1 aliphatic carbocycles. The van der Waals surface area contributed by atoms with Crippen LogP contribution in [-0.4, -0.2) is 66.7 Å². The van der Waals surface area contributed by atoms with Crippen LogP contribution in [0.25, 0.3) is 6.08 Å². The van der Waals surface area contributed by atoms with Crippen LogP contribution in [0.4, 0.5) is 10.7 Å². The SMILES string of the molecule is COCCOCCN[C@H]1CC[C@H](Nc2nccc(C=C3SC(=O)NC3=O)n2)CC1. The summed E-state index contributed by atoms with van der Waals surface area (Å²) >= 11 is 0.881. The fraction of sp³-hybridized carbons (Fsp3) is 0.579. The standard InChI is InChI=1S/C19H27N5O4S/c1-27-10-11-28-9-8-20-13-2-4-14(5-3-13)22-18-21-7-6-15(23-18)12-16-17(25)24-19(26)29-16/h6-7,12-14,20H,2-5,8-11H2,1H3,(H,21,22,23)(H,24,25,26)/t13-,14-. The Morgan fingerprint density at radius 3 is 2.72 bits per heavy atom. The van der Waals surface area contributed by atoms with Gasteiger partial charge in [0.05, 0.1) is 30.4 Å². The monoisotopic (exact) mass is 421 g/mol. The van der Waals surface area contributed by atoms with E-state index in [0.29, 0.717) is 48.5 Å². The first-order valence-corrected chi connectivity index (χ1v) is 10.6. The summed E-state index contributed by atoms with van der Waals surface area (Å²) in [5.41, 5.74) is 0.596. The lowest BCUT2D eigenvalue weighted by molar-refractivity contribution is -0.115. The molecule has 2 aliphatic rings. The lowest BCUT2D eigenvalue weighted by atomic mass is 9.91. The smallest absolute Gasteiger partial charge is 0.290 e. The number of rotatable bonds is 10. The number of aromatic nitrogens is 2. The van der Waals surface area contributed by atoms with Crippen LogP contribution in [0.5, 0.6) is 0 Å². The number of methoxy groups -OCH3 is 1.